The Hall–Kier alpha value is -3.30. The van der Waals surface area contributed by atoms with Gasteiger partial charge < -0.3 is 19.7 Å². The summed E-state index contributed by atoms with van der Waals surface area (Å²) in [6.45, 7) is 5.22. The lowest BCUT2D eigenvalue weighted by Crippen LogP contribution is -2.53. The van der Waals surface area contributed by atoms with Gasteiger partial charge in [0.15, 0.2) is 0 Å². The number of aromatic nitrogens is 1. The van der Waals surface area contributed by atoms with Gasteiger partial charge in [0.2, 0.25) is 5.91 Å². The van der Waals surface area contributed by atoms with Crippen molar-refractivity contribution in [3.05, 3.63) is 53.9 Å². The molecule has 0 bridgehead atoms. The van der Waals surface area contributed by atoms with Gasteiger partial charge in [0.25, 0.3) is 0 Å². The fourth-order valence-electron chi connectivity index (χ4n) is 3.12. The van der Waals surface area contributed by atoms with Crippen LogP contribution < -0.4 is 15.0 Å². The van der Waals surface area contributed by atoms with Crippen molar-refractivity contribution in [3.63, 3.8) is 0 Å². The molecule has 1 aliphatic heterocycles. The number of nitrogens with one attached hydrogen (secondary N) is 1. The third kappa shape index (κ3) is 6.09. The lowest BCUT2D eigenvalue weighted by molar-refractivity contribution is -0.274. The predicted octanol–water partition coefficient (Wildman–Crippen LogP) is 3.96. The number of alkyl halides is 3. The van der Waals surface area contributed by atoms with Gasteiger partial charge in [-0.2, -0.15) is 0 Å². The molecule has 1 aromatic carbocycles. The van der Waals surface area contributed by atoms with Crippen LogP contribution in [0.2, 0.25) is 0 Å². The summed E-state index contributed by atoms with van der Waals surface area (Å²) in [5, 5.41) is 2.58. The first-order valence-electron chi connectivity index (χ1n) is 9.51. The molecule has 0 saturated carbocycles. The molecule has 2 amide bonds. The molecule has 1 atom stereocenters. The zero-order valence-electron chi connectivity index (χ0n) is 17.2. The summed E-state index contributed by atoms with van der Waals surface area (Å²) in [5.41, 5.74) is 1.04. The van der Waals surface area contributed by atoms with Crippen molar-refractivity contribution in [2.45, 2.75) is 51.7 Å². The van der Waals surface area contributed by atoms with Gasteiger partial charge in [-0.15, -0.1) is 13.2 Å². The fourth-order valence-corrected chi connectivity index (χ4v) is 3.12. The number of hydrogen-bond donors (Lipinski definition) is 1. The maximum Gasteiger partial charge on any atom is 0.573 e. The third-order valence-electron chi connectivity index (χ3n) is 4.31. The van der Waals surface area contributed by atoms with Gasteiger partial charge in [-0.1, -0.05) is 12.1 Å². The summed E-state index contributed by atoms with van der Waals surface area (Å²) in [6.07, 6.45) is -3.72. The van der Waals surface area contributed by atoms with Gasteiger partial charge >= 0.3 is 12.5 Å². The first-order chi connectivity index (χ1) is 14.4. The van der Waals surface area contributed by atoms with Crippen molar-refractivity contribution < 1.29 is 32.2 Å². The average molecular weight is 437 g/mol. The van der Waals surface area contributed by atoms with Gasteiger partial charge in [-0.3, -0.25) is 9.78 Å². The zero-order chi connectivity index (χ0) is 22.8. The van der Waals surface area contributed by atoms with E-state index in [9.17, 15) is 22.8 Å². The second kappa shape index (κ2) is 8.44. The number of hydrogen-bond acceptors (Lipinski definition) is 5. The maximum absolute atomic E-state index is 13.1. The van der Waals surface area contributed by atoms with E-state index in [-0.39, 0.29) is 24.6 Å². The molecule has 0 spiro atoms. The van der Waals surface area contributed by atoms with Crippen LogP contribution in [0.5, 0.6) is 5.75 Å². The highest BCUT2D eigenvalue weighted by Gasteiger charge is 2.35. The molecule has 1 unspecified atom stereocenters. The Morgan fingerprint density at radius 1 is 1.19 bits per heavy atom. The molecule has 31 heavy (non-hydrogen) atoms. The third-order valence-corrected chi connectivity index (χ3v) is 4.31. The molecule has 0 saturated heterocycles. The number of rotatable bonds is 4. The summed E-state index contributed by atoms with van der Waals surface area (Å²) in [4.78, 5) is 31.0. The number of carbonyl (C=O) groups excluding carboxylic acids is 2. The number of benzene rings is 1. The molecule has 0 aliphatic carbocycles. The van der Waals surface area contributed by atoms with Crippen LogP contribution in [-0.4, -0.2) is 35.0 Å². The number of nitrogens with zero attached hydrogens (tertiary/aromatic N) is 2. The van der Waals surface area contributed by atoms with Crippen LogP contribution in [0, 0.1) is 0 Å². The van der Waals surface area contributed by atoms with Crippen molar-refractivity contribution in [3.8, 4) is 5.75 Å². The summed E-state index contributed by atoms with van der Waals surface area (Å²) in [6, 6.07) is 7.76. The minimum atomic E-state index is -4.78. The number of ether oxygens (including phenoxy) is 2. The van der Waals surface area contributed by atoms with Crippen molar-refractivity contribution in [1.82, 2.24) is 10.3 Å². The molecule has 2 heterocycles. The first-order valence-corrected chi connectivity index (χ1v) is 9.51. The molecule has 3 rings (SSSR count). The average Bonchev–Trinajstić information content (AvgIpc) is 2.64. The molecule has 0 radical (unpaired) electrons. The van der Waals surface area contributed by atoms with Gasteiger partial charge in [0.05, 0.1) is 17.9 Å². The number of amides is 2. The Balaban J connectivity index is 1.79. The Labute approximate surface area is 177 Å². The quantitative estimate of drug-likeness (QED) is 0.783. The van der Waals surface area contributed by atoms with Gasteiger partial charge in [-0.05, 0) is 50.6 Å². The molecule has 1 aliphatic rings. The molecule has 1 N–H and O–H groups in total. The highest BCUT2D eigenvalue weighted by molar-refractivity contribution is 6.01. The predicted molar refractivity (Wildman–Crippen MR) is 105 cm³/mol. The summed E-state index contributed by atoms with van der Waals surface area (Å²) < 4.78 is 46.2. The Morgan fingerprint density at radius 3 is 2.48 bits per heavy atom. The topological polar surface area (TPSA) is 80.8 Å². The second-order valence-corrected chi connectivity index (χ2v) is 7.99. The van der Waals surface area contributed by atoms with Crippen LogP contribution in [0.25, 0.3) is 0 Å². The first kappa shape index (κ1) is 22.4. The number of halogens is 3. The van der Waals surface area contributed by atoms with E-state index in [1.165, 1.54) is 29.2 Å². The van der Waals surface area contributed by atoms with Crippen LogP contribution in [0.4, 0.5) is 23.7 Å². The van der Waals surface area contributed by atoms with Crippen molar-refractivity contribution in [2.75, 3.05) is 4.90 Å². The molecular formula is C21H22F3N3O4. The summed E-state index contributed by atoms with van der Waals surface area (Å²) in [7, 11) is 0. The summed E-state index contributed by atoms with van der Waals surface area (Å²) >= 11 is 0. The van der Waals surface area contributed by atoms with E-state index in [0.29, 0.717) is 16.9 Å². The van der Waals surface area contributed by atoms with Gasteiger partial charge in [-0.25, -0.2) is 4.79 Å². The largest absolute Gasteiger partial charge is 0.573 e. The van der Waals surface area contributed by atoms with E-state index in [1.807, 2.05) is 0 Å². The Bertz CT molecular complexity index is 956. The monoisotopic (exact) mass is 437 g/mol. The van der Waals surface area contributed by atoms with E-state index in [2.05, 4.69) is 15.0 Å². The Kier molecular flexibility index (Phi) is 6.10. The summed E-state index contributed by atoms with van der Waals surface area (Å²) in [5.74, 6) is -0.727. The van der Waals surface area contributed by atoms with Gasteiger partial charge in [0, 0.05) is 12.6 Å². The molecule has 2 aromatic rings. The molecule has 7 nitrogen and oxygen atoms in total. The standard InChI is InChI=1S/C21H22F3N3O4/c1-20(2,3)31-19(29)26-16-11-15-17(5-4-10-25-15)27(18(16)28)12-13-6-8-14(9-7-13)30-21(22,23)24/h4-10,16H,11-12H2,1-3H3,(H,26,29). The second-order valence-electron chi connectivity index (χ2n) is 7.99. The van der Waals surface area contributed by atoms with E-state index in [1.54, 1.807) is 39.1 Å². The highest BCUT2D eigenvalue weighted by Crippen LogP contribution is 2.29. The number of anilines is 1. The van der Waals surface area contributed by atoms with Gasteiger partial charge in [0.1, 0.15) is 17.4 Å². The fraction of sp³-hybridized carbons (Fsp3) is 0.381. The molecule has 10 heteroatoms. The zero-order valence-corrected chi connectivity index (χ0v) is 17.2. The number of fused-ring (bicyclic) bond motifs is 1. The highest BCUT2D eigenvalue weighted by atomic mass is 19.4. The molecular weight excluding hydrogens is 415 g/mol. The number of pyridine rings is 1. The number of carbonyl (C=O) groups is 2. The van der Waals surface area contributed by atoms with Crippen LogP contribution in [0.15, 0.2) is 42.6 Å². The molecule has 0 fully saturated rings. The SMILES string of the molecule is CC(C)(C)OC(=O)NC1Cc2ncccc2N(Cc2ccc(OC(F)(F)F)cc2)C1=O. The van der Waals surface area contributed by atoms with Crippen molar-refractivity contribution >= 4 is 17.7 Å². The lowest BCUT2D eigenvalue weighted by atomic mass is 10.0. The van der Waals surface area contributed by atoms with E-state index in [4.69, 9.17) is 4.74 Å². The van der Waals surface area contributed by atoms with Crippen molar-refractivity contribution in [1.29, 1.82) is 0 Å². The maximum atomic E-state index is 13.1. The molecule has 1 aromatic heterocycles. The van der Waals surface area contributed by atoms with Crippen LogP contribution in [-0.2, 0) is 22.5 Å². The van der Waals surface area contributed by atoms with Crippen LogP contribution >= 0.6 is 0 Å². The Morgan fingerprint density at radius 2 is 1.87 bits per heavy atom. The number of alkyl carbamates (subject to hydrolysis) is 1. The van der Waals surface area contributed by atoms with Crippen LogP contribution in [0.1, 0.15) is 32.0 Å². The van der Waals surface area contributed by atoms with E-state index < -0.39 is 24.1 Å². The van der Waals surface area contributed by atoms with Crippen LogP contribution in [0.3, 0.4) is 0 Å². The minimum absolute atomic E-state index is 0.0797. The van der Waals surface area contributed by atoms with E-state index >= 15 is 0 Å². The molecule has 166 valence electrons. The minimum Gasteiger partial charge on any atom is -0.444 e. The normalized spacial score (nSPS) is 16.5. The smallest absolute Gasteiger partial charge is 0.444 e. The van der Waals surface area contributed by atoms with E-state index in [0.717, 1.165) is 0 Å². The lowest BCUT2D eigenvalue weighted by Gasteiger charge is -2.34. The van der Waals surface area contributed by atoms with Crippen molar-refractivity contribution in [2.24, 2.45) is 0 Å².